The van der Waals surface area contributed by atoms with Gasteiger partial charge in [0.05, 0.1) is 16.7 Å². The fraction of sp³-hybridized carbons (Fsp3) is 0.632. The minimum atomic E-state index is -4.51. The first-order valence-electron chi connectivity index (χ1n) is 9.11. The van der Waals surface area contributed by atoms with E-state index in [-0.39, 0.29) is 11.5 Å². The van der Waals surface area contributed by atoms with Crippen molar-refractivity contribution in [2.75, 3.05) is 19.6 Å². The van der Waals surface area contributed by atoms with Crippen molar-refractivity contribution in [3.05, 3.63) is 34.4 Å². The molecule has 6 heteroatoms. The highest BCUT2D eigenvalue weighted by molar-refractivity contribution is 6.02. The van der Waals surface area contributed by atoms with Crippen molar-refractivity contribution in [1.82, 2.24) is 10.2 Å². The number of nitrogens with one attached hydrogen (secondary N) is 1. The van der Waals surface area contributed by atoms with Crippen molar-refractivity contribution in [2.45, 2.75) is 56.7 Å². The zero-order valence-corrected chi connectivity index (χ0v) is 14.4. The Morgan fingerprint density at radius 3 is 2.60 bits per heavy atom. The summed E-state index contributed by atoms with van der Waals surface area (Å²) in [6, 6.07) is 3.15. The number of rotatable bonds is 1. The molecule has 2 fully saturated rings. The summed E-state index contributed by atoms with van der Waals surface area (Å²) in [5.74, 6) is -0.300. The second-order valence-corrected chi connectivity index (χ2v) is 7.73. The van der Waals surface area contributed by atoms with Gasteiger partial charge in [-0.25, -0.2) is 0 Å². The summed E-state index contributed by atoms with van der Waals surface area (Å²) in [6.45, 7) is 3.44. The molecule has 0 bridgehead atoms. The van der Waals surface area contributed by atoms with Gasteiger partial charge in [0.1, 0.15) is 0 Å². The Kier molecular flexibility index (Phi) is 3.87. The van der Waals surface area contributed by atoms with Gasteiger partial charge in [-0.05, 0) is 42.9 Å². The highest BCUT2D eigenvalue weighted by Gasteiger charge is 2.52. The molecule has 1 saturated heterocycles. The van der Waals surface area contributed by atoms with Gasteiger partial charge in [-0.2, -0.15) is 13.2 Å². The molecule has 25 heavy (non-hydrogen) atoms. The summed E-state index contributed by atoms with van der Waals surface area (Å²) in [5.41, 5.74) is -0.244. The lowest BCUT2D eigenvalue weighted by Crippen LogP contribution is -2.55. The van der Waals surface area contributed by atoms with Crippen LogP contribution in [0.2, 0.25) is 0 Å². The van der Waals surface area contributed by atoms with Crippen molar-refractivity contribution < 1.29 is 18.0 Å². The molecule has 136 valence electrons. The maximum absolute atomic E-state index is 13.8. The maximum atomic E-state index is 13.8. The molecule has 0 radical (unpaired) electrons. The lowest BCUT2D eigenvalue weighted by atomic mass is 9.79. The SMILES string of the molecule is C[C@@]12CNCCN1C(=O)c1c(C(F)(F)F)cc(C3CCCCC3)cc12. The molecular weight excluding hydrogens is 329 g/mol. The van der Waals surface area contributed by atoms with Crippen LogP contribution in [-0.2, 0) is 11.7 Å². The summed E-state index contributed by atoms with van der Waals surface area (Å²) in [7, 11) is 0. The molecule has 1 saturated carbocycles. The number of hydrogen-bond acceptors (Lipinski definition) is 2. The van der Waals surface area contributed by atoms with Crippen molar-refractivity contribution in [3.63, 3.8) is 0 Å². The van der Waals surface area contributed by atoms with Crippen molar-refractivity contribution in [3.8, 4) is 0 Å². The van der Waals surface area contributed by atoms with Gasteiger partial charge in [-0.15, -0.1) is 0 Å². The number of benzene rings is 1. The highest BCUT2D eigenvalue weighted by atomic mass is 19.4. The van der Waals surface area contributed by atoms with Crippen LogP contribution >= 0.6 is 0 Å². The first-order valence-corrected chi connectivity index (χ1v) is 9.11. The molecule has 0 spiro atoms. The van der Waals surface area contributed by atoms with Crippen LogP contribution in [0.15, 0.2) is 12.1 Å². The van der Waals surface area contributed by atoms with Crippen LogP contribution in [0, 0.1) is 0 Å². The maximum Gasteiger partial charge on any atom is 0.417 e. The zero-order valence-electron chi connectivity index (χ0n) is 14.4. The van der Waals surface area contributed by atoms with Crippen molar-refractivity contribution in [1.29, 1.82) is 0 Å². The lowest BCUT2D eigenvalue weighted by molar-refractivity contribution is -0.138. The normalized spacial score (nSPS) is 27.4. The minimum absolute atomic E-state index is 0.127. The van der Waals surface area contributed by atoms with Gasteiger partial charge in [0.2, 0.25) is 0 Å². The van der Waals surface area contributed by atoms with E-state index in [9.17, 15) is 18.0 Å². The molecule has 1 aromatic rings. The molecule has 4 rings (SSSR count). The fourth-order valence-corrected chi connectivity index (χ4v) is 4.78. The highest BCUT2D eigenvalue weighted by Crippen LogP contribution is 2.47. The molecule has 1 aliphatic carbocycles. The molecule has 3 nitrogen and oxygen atoms in total. The van der Waals surface area contributed by atoms with E-state index in [2.05, 4.69) is 5.32 Å². The van der Waals surface area contributed by atoms with Gasteiger partial charge >= 0.3 is 6.18 Å². The van der Waals surface area contributed by atoms with E-state index >= 15 is 0 Å². The lowest BCUT2D eigenvalue weighted by Gasteiger charge is -2.40. The number of amides is 1. The standard InChI is InChI=1S/C19H23F3N2O/c1-18-11-23-7-8-24(18)17(25)16-14(18)9-13(10-15(16)19(20,21)22)12-5-3-2-4-6-12/h9-10,12,23H,2-8,11H2,1H3/t18-/m0/s1. The molecule has 2 heterocycles. The van der Waals surface area contributed by atoms with Crippen LogP contribution in [0.25, 0.3) is 0 Å². The fourth-order valence-electron chi connectivity index (χ4n) is 4.78. The summed E-state index contributed by atoms with van der Waals surface area (Å²) in [6.07, 6.45) is 0.635. The molecule has 3 aliphatic rings. The van der Waals surface area contributed by atoms with Crippen LogP contribution in [0.1, 0.15) is 72.0 Å². The van der Waals surface area contributed by atoms with Gasteiger partial charge in [-0.3, -0.25) is 4.79 Å². The Morgan fingerprint density at radius 2 is 1.92 bits per heavy atom. The van der Waals surface area contributed by atoms with Gasteiger partial charge < -0.3 is 10.2 Å². The van der Waals surface area contributed by atoms with E-state index in [0.717, 1.165) is 37.7 Å². The van der Waals surface area contributed by atoms with E-state index in [1.165, 1.54) is 6.07 Å². The van der Waals surface area contributed by atoms with Gasteiger partial charge in [0, 0.05) is 19.6 Å². The summed E-state index contributed by atoms with van der Waals surface area (Å²) in [5, 5.41) is 3.24. The second kappa shape index (κ2) is 5.73. The van der Waals surface area contributed by atoms with E-state index < -0.39 is 23.2 Å². The topological polar surface area (TPSA) is 32.3 Å². The molecule has 2 aliphatic heterocycles. The Morgan fingerprint density at radius 1 is 1.20 bits per heavy atom. The molecule has 1 aromatic carbocycles. The number of alkyl halides is 3. The Labute approximate surface area is 145 Å². The predicted octanol–water partition coefficient (Wildman–Crippen LogP) is 4.03. The van der Waals surface area contributed by atoms with E-state index in [1.807, 2.05) is 13.0 Å². The Bertz CT molecular complexity index is 709. The number of fused-ring (bicyclic) bond motifs is 3. The van der Waals surface area contributed by atoms with E-state index in [1.54, 1.807) is 4.90 Å². The predicted molar refractivity (Wildman–Crippen MR) is 88.5 cm³/mol. The Balaban J connectivity index is 1.90. The number of carbonyl (C=O) groups excluding carboxylic acids is 1. The third-order valence-electron chi connectivity index (χ3n) is 6.16. The quantitative estimate of drug-likeness (QED) is 0.828. The zero-order chi connectivity index (χ0) is 17.8. The minimum Gasteiger partial charge on any atom is -0.327 e. The molecule has 0 aromatic heterocycles. The smallest absolute Gasteiger partial charge is 0.327 e. The third-order valence-corrected chi connectivity index (χ3v) is 6.16. The molecule has 1 N–H and O–H groups in total. The third kappa shape index (κ3) is 2.57. The molecule has 1 atom stereocenters. The van der Waals surface area contributed by atoms with Gasteiger partial charge in [0.15, 0.2) is 0 Å². The number of nitrogens with zero attached hydrogens (tertiary/aromatic N) is 1. The van der Waals surface area contributed by atoms with Crippen molar-refractivity contribution in [2.24, 2.45) is 0 Å². The van der Waals surface area contributed by atoms with Gasteiger partial charge in [-0.1, -0.05) is 25.3 Å². The first-order chi connectivity index (χ1) is 11.8. The van der Waals surface area contributed by atoms with Crippen LogP contribution < -0.4 is 5.32 Å². The van der Waals surface area contributed by atoms with Crippen molar-refractivity contribution >= 4 is 5.91 Å². The summed E-state index contributed by atoms with van der Waals surface area (Å²) in [4.78, 5) is 14.4. The largest absolute Gasteiger partial charge is 0.417 e. The van der Waals surface area contributed by atoms with Gasteiger partial charge in [0.25, 0.3) is 5.91 Å². The van der Waals surface area contributed by atoms with Crippen LogP contribution in [0.4, 0.5) is 13.2 Å². The number of carbonyl (C=O) groups is 1. The van der Waals surface area contributed by atoms with Crippen LogP contribution in [-0.4, -0.2) is 30.4 Å². The van der Waals surface area contributed by atoms with E-state index in [4.69, 9.17) is 0 Å². The summed E-state index contributed by atoms with van der Waals surface area (Å²) < 4.78 is 41.3. The monoisotopic (exact) mass is 352 g/mol. The Hall–Kier alpha value is -1.56. The first kappa shape index (κ1) is 16.9. The number of piperazine rings is 1. The van der Waals surface area contributed by atoms with E-state index in [0.29, 0.717) is 25.2 Å². The molecule has 0 unspecified atom stereocenters. The average Bonchev–Trinajstić information content (AvgIpc) is 2.82. The van der Waals surface area contributed by atoms with Crippen LogP contribution in [0.5, 0.6) is 0 Å². The molecule has 1 amide bonds. The average molecular weight is 352 g/mol. The molecular formula is C19H23F3N2O. The summed E-state index contributed by atoms with van der Waals surface area (Å²) >= 11 is 0. The number of hydrogen-bond donors (Lipinski definition) is 1. The second-order valence-electron chi connectivity index (χ2n) is 7.73. The number of halogens is 3. The van der Waals surface area contributed by atoms with Crippen LogP contribution in [0.3, 0.4) is 0 Å².